The Bertz CT molecular complexity index is 1300. The molecule has 3 aromatic carbocycles. The van der Waals surface area contributed by atoms with Gasteiger partial charge in [-0.2, -0.15) is 0 Å². The third kappa shape index (κ3) is 6.40. The van der Waals surface area contributed by atoms with Crippen molar-refractivity contribution in [2.45, 2.75) is 45.3 Å². The molecule has 0 aliphatic carbocycles. The highest BCUT2D eigenvalue weighted by Gasteiger charge is 2.24. The van der Waals surface area contributed by atoms with Crippen LogP contribution in [-0.4, -0.2) is 27.3 Å². The number of hydrogen-bond donors (Lipinski definition) is 1. The lowest BCUT2D eigenvalue weighted by Gasteiger charge is -2.18. The Morgan fingerprint density at radius 1 is 1.00 bits per heavy atom. The molecule has 4 aromatic rings. The quantitative estimate of drug-likeness (QED) is 0.237. The fourth-order valence-corrected chi connectivity index (χ4v) is 4.45. The summed E-state index contributed by atoms with van der Waals surface area (Å²) in [6, 6.07) is 25.2. The van der Waals surface area contributed by atoms with Crippen LogP contribution in [0.4, 0.5) is 0 Å². The summed E-state index contributed by atoms with van der Waals surface area (Å²) < 4.78 is 12.6. The summed E-state index contributed by atoms with van der Waals surface area (Å²) in [6.45, 7) is 1.94. The number of carbonyl (C=O) groups is 1. The van der Waals surface area contributed by atoms with Gasteiger partial charge in [0.05, 0.1) is 25.1 Å². The van der Waals surface area contributed by atoms with E-state index in [4.69, 9.17) is 21.3 Å². The third-order valence-corrected chi connectivity index (χ3v) is 6.65. The van der Waals surface area contributed by atoms with Crippen LogP contribution in [0.5, 0.6) is 5.75 Å². The van der Waals surface area contributed by atoms with Crippen molar-refractivity contribution in [3.8, 4) is 16.9 Å². The number of carbonyl (C=O) groups excluding carboxylic acids is 1. The normalized spacial score (nSPS) is 11.8. The summed E-state index contributed by atoms with van der Waals surface area (Å²) in [5.74, 6) is 0.832. The number of aromatic nitrogens is 2. The van der Waals surface area contributed by atoms with E-state index >= 15 is 0 Å². The van der Waals surface area contributed by atoms with Crippen LogP contribution >= 0.6 is 11.8 Å². The van der Waals surface area contributed by atoms with E-state index in [-0.39, 0.29) is 6.61 Å². The lowest BCUT2D eigenvalue weighted by molar-refractivity contribution is -0.149. The molecule has 192 valence electrons. The van der Waals surface area contributed by atoms with Crippen LogP contribution in [0.25, 0.3) is 11.1 Å². The minimum Gasteiger partial charge on any atom is -0.474 e. The molecule has 0 saturated carbocycles. The number of hydrogen-bond acceptors (Lipinski definition) is 5. The molecule has 0 spiro atoms. The van der Waals surface area contributed by atoms with Crippen molar-refractivity contribution < 1.29 is 19.4 Å². The van der Waals surface area contributed by atoms with E-state index in [1.54, 1.807) is 0 Å². The smallest absolute Gasteiger partial charge is 0.351 e. The van der Waals surface area contributed by atoms with Gasteiger partial charge in [-0.25, -0.2) is 13.9 Å². The fourth-order valence-electron chi connectivity index (χ4n) is 4.17. The number of aliphatic hydroxyl groups is 1. The molecule has 0 saturated heterocycles. The Hall–Kier alpha value is -3.61. The molecular weight excluding hydrogens is 488 g/mol. The molecule has 0 aliphatic rings. The first-order valence-corrected chi connectivity index (χ1v) is 12.7. The number of esters is 1. The maximum absolute atomic E-state index is 12.6. The van der Waals surface area contributed by atoms with Gasteiger partial charge in [-0.15, -0.1) is 0 Å². The number of methoxy groups -OCH3 is 1. The molecule has 7 heteroatoms. The summed E-state index contributed by atoms with van der Waals surface area (Å²) >= 11 is 6.39. The number of ether oxygens (including phenoxy) is 2. The Balaban J connectivity index is 1.49. The Morgan fingerprint density at radius 2 is 1.68 bits per heavy atom. The molecule has 1 N–H and O–H groups in total. The van der Waals surface area contributed by atoms with Crippen LogP contribution < -0.4 is 4.74 Å². The summed E-state index contributed by atoms with van der Waals surface area (Å²) in [6.07, 6.45) is 2.42. The van der Waals surface area contributed by atoms with E-state index in [0.29, 0.717) is 23.4 Å². The number of nitrogens with zero attached hydrogens (tertiary/aromatic N) is 2. The number of unbranched alkanes of at least 4 members (excludes halogenated alkanes) is 1. The van der Waals surface area contributed by atoms with Crippen LogP contribution in [0.15, 0.2) is 78.9 Å². The molecule has 0 amide bonds. The maximum atomic E-state index is 12.6. The van der Waals surface area contributed by atoms with Crippen molar-refractivity contribution in [2.24, 2.45) is 0 Å². The Kier molecular flexibility index (Phi) is 8.99. The molecule has 37 heavy (non-hydrogen) atoms. The predicted molar refractivity (Wildman–Crippen MR) is 145 cm³/mol. The standard InChI is InChI=1S/C30H31ClN2O4/c1-3-4-10-28-32-26(27(20-34)33(28)31)19-21-11-17-25(18-12-21)37-29(30(35)36-2)24-15-13-23(14-16-24)22-8-6-5-7-9-22/h5-9,11-18,29,34H,3-4,10,19-20H2,1-2H3. The number of imidazole rings is 1. The zero-order chi connectivity index (χ0) is 26.2. The lowest BCUT2D eigenvalue weighted by Crippen LogP contribution is -2.20. The van der Waals surface area contributed by atoms with Crippen LogP contribution in [0.1, 0.15) is 54.2 Å². The van der Waals surface area contributed by atoms with Gasteiger partial charge in [0.1, 0.15) is 11.6 Å². The van der Waals surface area contributed by atoms with Crippen molar-refractivity contribution in [3.05, 3.63) is 107 Å². The average molecular weight is 519 g/mol. The maximum Gasteiger partial charge on any atom is 0.351 e. The van der Waals surface area contributed by atoms with Crippen molar-refractivity contribution in [1.29, 1.82) is 0 Å². The lowest BCUT2D eigenvalue weighted by atomic mass is 10.0. The molecule has 0 radical (unpaired) electrons. The van der Waals surface area contributed by atoms with Crippen molar-refractivity contribution in [2.75, 3.05) is 7.11 Å². The van der Waals surface area contributed by atoms with Gasteiger partial charge in [-0.3, -0.25) is 0 Å². The zero-order valence-electron chi connectivity index (χ0n) is 21.1. The molecule has 1 unspecified atom stereocenters. The number of rotatable bonds is 11. The second-order valence-corrected chi connectivity index (χ2v) is 9.13. The first-order chi connectivity index (χ1) is 18.0. The zero-order valence-corrected chi connectivity index (χ0v) is 21.8. The van der Waals surface area contributed by atoms with Gasteiger partial charge in [-0.05, 0) is 35.2 Å². The first-order valence-electron chi connectivity index (χ1n) is 12.4. The highest BCUT2D eigenvalue weighted by atomic mass is 35.5. The van der Waals surface area contributed by atoms with Crippen molar-refractivity contribution in [1.82, 2.24) is 9.07 Å². The van der Waals surface area contributed by atoms with Gasteiger partial charge in [0.2, 0.25) is 6.10 Å². The molecule has 1 atom stereocenters. The number of benzene rings is 3. The molecule has 0 aliphatic heterocycles. The van der Waals surface area contributed by atoms with Gasteiger partial charge in [-0.1, -0.05) is 80.1 Å². The van der Waals surface area contributed by atoms with Crippen LogP contribution in [0.3, 0.4) is 0 Å². The highest BCUT2D eigenvalue weighted by molar-refractivity contribution is 6.16. The molecule has 6 nitrogen and oxygen atoms in total. The number of halogens is 1. The van der Waals surface area contributed by atoms with E-state index in [0.717, 1.165) is 47.5 Å². The largest absolute Gasteiger partial charge is 0.474 e. The van der Waals surface area contributed by atoms with E-state index in [1.807, 2.05) is 78.9 Å². The highest BCUT2D eigenvalue weighted by Crippen LogP contribution is 2.27. The monoisotopic (exact) mass is 518 g/mol. The molecule has 1 aromatic heterocycles. The minimum absolute atomic E-state index is 0.178. The second kappa shape index (κ2) is 12.6. The average Bonchev–Trinajstić information content (AvgIpc) is 3.24. The van der Waals surface area contributed by atoms with Gasteiger partial charge >= 0.3 is 5.97 Å². The molecular formula is C30H31ClN2O4. The van der Waals surface area contributed by atoms with Crippen molar-refractivity contribution >= 4 is 17.7 Å². The van der Waals surface area contributed by atoms with E-state index in [9.17, 15) is 9.90 Å². The summed E-state index contributed by atoms with van der Waals surface area (Å²) in [7, 11) is 1.35. The van der Waals surface area contributed by atoms with Gasteiger partial charge in [0.25, 0.3) is 0 Å². The topological polar surface area (TPSA) is 73.6 Å². The molecule has 4 rings (SSSR count). The van der Waals surface area contributed by atoms with Crippen LogP contribution in [-0.2, 0) is 29.0 Å². The fraction of sp³-hybridized carbons (Fsp3) is 0.267. The van der Waals surface area contributed by atoms with E-state index in [1.165, 1.54) is 11.2 Å². The summed E-state index contributed by atoms with van der Waals surface area (Å²) in [4.78, 5) is 17.2. The Labute approximate surface area is 222 Å². The summed E-state index contributed by atoms with van der Waals surface area (Å²) in [5, 5.41) is 9.82. The first kappa shape index (κ1) is 26.5. The predicted octanol–water partition coefficient (Wildman–Crippen LogP) is 6.27. The molecule has 0 fully saturated rings. The molecule has 1 heterocycles. The minimum atomic E-state index is -0.894. The molecule has 0 bridgehead atoms. The van der Waals surface area contributed by atoms with Gasteiger partial charge in [0, 0.05) is 30.2 Å². The third-order valence-electron chi connectivity index (χ3n) is 6.25. The van der Waals surface area contributed by atoms with Crippen molar-refractivity contribution in [3.63, 3.8) is 0 Å². The second-order valence-electron chi connectivity index (χ2n) is 8.79. The number of aryl methyl sites for hydroxylation is 1. The van der Waals surface area contributed by atoms with Crippen LogP contribution in [0.2, 0.25) is 0 Å². The summed E-state index contributed by atoms with van der Waals surface area (Å²) in [5.41, 5.74) is 5.20. The number of aliphatic hydroxyl groups excluding tert-OH is 1. The Morgan fingerprint density at radius 3 is 2.30 bits per heavy atom. The van der Waals surface area contributed by atoms with Gasteiger partial charge < -0.3 is 14.6 Å². The van der Waals surface area contributed by atoms with E-state index in [2.05, 4.69) is 11.9 Å². The van der Waals surface area contributed by atoms with E-state index < -0.39 is 12.1 Å². The SMILES string of the molecule is CCCCc1nc(Cc2ccc(OC(C(=O)OC)c3ccc(-c4ccccc4)cc3)cc2)c(CO)n1Cl. The van der Waals surface area contributed by atoms with Crippen LogP contribution in [0, 0.1) is 0 Å². The van der Waals surface area contributed by atoms with Gasteiger partial charge in [0.15, 0.2) is 0 Å².